The van der Waals surface area contributed by atoms with Crippen molar-refractivity contribution in [1.29, 1.82) is 0 Å². The van der Waals surface area contributed by atoms with Crippen LogP contribution < -0.4 is 0 Å². The van der Waals surface area contributed by atoms with Gasteiger partial charge in [-0.25, -0.2) is 0 Å². The predicted molar refractivity (Wildman–Crippen MR) is 74.5 cm³/mol. The Bertz CT molecular complexity index is 408. The first-order valence-electron chi connectivity index (χ1n) is 6.99. The van der Waals surface area contributed by atoms with E-state index in [4.69, 9.17) is 0 Å². The van der Waals surface area contributed by atoms with Crippen LogP contribution in [-0.4, -0.2) is 10.6 Å². The fourth-order valence-corrected chi connectivity index (χ4v) is 3.30. The molecule has 1 atom stereocenters. The molecule has 20 heavy (non-hydrogen) atoms. The Kier molecular flexibility index (Phi) is 5.38. The van der Waals surface area contributed by atoms with Crippen molar-refractivity contribution in [3.8, 4) is 0 Å². The molecule has 112 valence electrons. The van der Waals surface area contributed by atoms with E-state index >= 15 is 0 Å². The van der Waals surface area contributed by atoms with Crippen LogP contribution in [-0.2, 0) is 0 Å². The van der Waals surface area contributed by atoms with Gasteiger partial charge in [0.25, 0.3) is 0 Å². The number of aliphatic hydroxyl groups excluding tert-OH is 1. The van der Waals surface area contributed by atoms with Crippen LogP contribution in [0.3, 0.4) is 0 Å². The predicted octanol–water partition coefficient (Wildman–Crippen LogP) is 5.30. The van der Waals surface area contributed by atoms with E-state index in [1.54, 1.807) is 12.1 Å². The quantitative estimate of drug-likeness (QED) is 0.604. The average molecular weight is 304 g/mol. The van der Waals surface area contributed by atoms with Gasteiger partial charge >= 0.3 is 5.51 Å². The minimum atomic E-state index is -4.26. The van der Waals surface area contributed by atoms with Crippen LogP contribution in [0.15, 0.2) is 29.2 Å². The molecule has 0 spiro atoms. The van der Waals surface area contributed by atoms with Crippen LogP contribution in [0, 0.1) is 5.92 Å². The largest absolute Gasteiger partial charge is 0.446 e. The lowest BCUT2D eigenvalue weighted by atomic mass is 9.89. The van der Waals surface area contributed by atoms with E-state index in [0.29, 0.717) is 0 Å². The van der Waals surface area contributed by atoms with E-state index in [1.165, 1.54) is 25.0 Å². The number of alkyl halides is 3. The first kappa shape index (κ1) is 15.7. The zero-order valence-corrected chi connectivity index (χ0v) is 12.0. The maximum Gasteiger partial charge on any atom is 0.446 e. The van der Waals surface area contributed by atoms with E-state index in [-0.39, 0.29) is 22.6 Å². The Balaban J connectivity index is 2.01. The Hall–Kier alpha value is -0.680. The SMILES string of the molecule is OC(c1ccc(SC(F)(F)F)cc1)C1CCCCCC1. The second-order valence-corrected chi connectivity index (χ2v) is 6.45. The maximum atomic E-state index is 12.2. The summed E-state index contributed by atoms with van der Waals surface area (Å²) in [5.41, 5.74) is -3.54. The van der Waals surface area contributed by atoms with E-state index < -0.39 is 11.6 Å². The van der Waals surface area contributed by atoms with Crippen LogP contribution in [0.5, 0.6) is 0 Å². The molecule has 1 aliphatic carbocycles. The summed E-state index contributed by atoms with van der Waals surface area (Å²) < 4.78 is 36.7. The number of hydrogen-bond donors (Lipinski definition) is 1. The molecule has 1 aliphatic rings. The zero-order chi connectivity index (χ0) is 14.6. The standard InChI is InChI=1S/C15H19F3OS/c16-15(17,18)20-13-9-7-12(8-10-13)14(19)11-5-3-1-2-4-6-11/h7-11,14,19H,1-6H2. The number of benzene rings is 1. The molecule has 1 saturated carbocycles. The molecule has 1 unspecified atom stereocenters. The van der Waals surface area contributed by atoms with Gasteiger partial charge in [-0.15, -0.1) is 0 Å². The summed E-state index contributed by atoms with van der Waals surface area (Å²) in [4.78, 5) is 0.161. The van der Waals surface area contributed by atoms with Crippen molar-refractivity contribution < 1.29 is 18.3 Å². The fourth-order valence-electron chi connectivity index (χ4n) is 2.77. The average Bonchev–Trinajstić information content (AvgIpc) is 2.66. The molecule has 0 heterocycles. The summed E-state index contributed by atoms with van der Waals surface area (Å²) in [5.74, 6) is 0.235. The van der Waals surface area contributed by atoms with Gasteiger partial charge in [0.15, 0.2) is 0 Å². The molecule has 0 amide bonds. The fraction of sp³-hybridized carbons (Fsp3) is 0.600. The molecule has 1 nitrogen and oxygen atoms in total. The smallest absolute Gasteiger partial charge is 0.388 e. The van der Waals surface area contributed by atoms with Crippen LogP contribution in [0.4, 0.5) is 13.2 Å². The molecule has 0 aromatic heterocycles. The Morgan fingerprint density at radius 2 is 1.55 bits per heavy atom. The topological polar surface area (TPSA) is 20.2 Å². The second-order valence-electron chi connectivity index (χ2n) is 5.31. The van der Waals surface area contributed by atoms with Crippen LogP contribution >= 0.6 is 11.8 Å². The van der Waals surface area contributed by atoms with Crippen molar-refractivity contribution in [3.05, 3.63) is 29.8 Å². The van der Waals surface area contributed by atoms with E-state index in [9.17, 15) is 18.3 Å². The summed E-state index contributed by atoms with van der Waals surface area (Å²) in [6, 6.07) is 6.11. The van der Waals surface area contributed by atoms with Crippen LogP contribution in [0.1, 0.15) is 50.2 Å². The molecular weight excluding hydrogens is 285 g/mol. The highest BCUT2D eigenvalue weighted by molar-refractivity contribution is 8.00. The molecule has 5 heteroatoms. The number of hydrogen-bond acceptors (Lipinski definition) is 2. The van der Waals surface area contributed by atoms with Gasteiger partial charge in [0, 0.05) is 4.90 Å². The van der Waals surface area contributed by atoms with Gasteiger partial charge in [0.05, 0.1) is 6.10 Å². The highest BCUT2D eigenvalue weighted by atomic mass is 32.2. The molecule has 1 N–H and O–H groups in total. The van der Waals surface area contributed by atoms with Gasteiger partial charge in [-0.05, 0) is 48.2 Å². The second kappa shape index (κ2) is 6.85. The van der Waals surface area contributed by atoms with Gasteiger partial charge in [0.2, 0.25) is 0 Å². The monoisotopic (exact) mass is 304 g/mol. The molecule has 2 rings (SSSR count). The molecule has 1 fully saturated rings. The van der Waals surface area contributed by atoms with Crippen molar-refractivity contribution >= 4 is 11.8 Å². The first-order valence-corrected chi connectivity index (χ1v) is 7.81. The summed E-state index contributed by atoms with van der Waals surface area (Å²) in [5, 5.41) is 10.4. The normalized spacial score (nSPS) is 19.6. The summed E-state index contributed by atoms with van der Waals surface area (Å²) in [6.07, 6.45) is 6.13. The third kappa shape index (κ3) is 4.70. The maximum absolute atomic E-state index is 12.2. The molecule has 0 bridgehead atoms. The van der Waals surface area contributed by atoms with E-state index in [1.807, 2.05) is 0 Å². The zero-order valence-electron chi connectivity index (χ0n) is 11.2. The molecule has 0 aliphatic heterocycles. The van der Waals surface area contributed by atoms with Gasteiger partial charge in [-0.2, -0.15) is 13.2 Å². The van der Waals surface area contributed by atoms with Crippen molar-refractivity contribution in [2.24, 2.45) is 5.92 Å². The van der Waals surface area contributed by atoms with Crippen LogP contribution in [0.25, 0.3) is 0 Å². The summed E-state index contributed by atoms with van der Waals surface area (Å²) >= 11 is -0.122. The van der Waals surface area contributed by atoms with Gasteiger partial charge < -0.3 is 5.11 Å². The number of halogens is 3. The Morgan fingerprint density at radius 1 is 1.00 bits per heavy atom. The molecular formula is C15H19F3OS. The third-order valence-electron chi connectivity index (χ3n) is 3.80. The lowest BCUT2D eigenvalue weighted by Gasteiger charge is -2.21. The van der Waals surface area contributed by atoms with Gasteiger partial charge in [0.1, 0.15) is 0 Å². The minimum Gasteiger partial charge on any atom is -0.388 e. The van der Waals surface area contributed by atoms with E-state index in [2.05, 4.69) is 0 Å². The minimum absolute atomic E-state index is 0.122. The van der Waals surface area contributed by atoms with Crippen molar-refractivity contribution in [2.45, 2.75) is 55.0 Å². The van der Waals surface area contributed by atoms with Crippen LogP contribution in [0.2, 0.25) is 0 Å². The van der Waals surface area contributed by atoms with Gasteiger partial charge in [-0.3, -0.25) is 0 Å². The Morgan fingerprint density at radius 3 is 2.05 bits per heavy atom. The molecule has 0 radical (unpaired) electrons. The number of aliphatic hydroxyl groups is 1. The van der Waals surface area contributed by atoms with Crippen molar-refractivity contribution in [3.63, 3.8) is 0 Å². The summed E-state index contributed by atoms with van der Waals surface area (Å²) in [6.45, 7) is 0. The lowest BCUT2D eigenvalue weighted by Crippen LogP contribution is -2.12. The first-order chi connectivity index (χ1) is 9.46. The Labute approximate surface area is 121 Å². The number of thioether (sulfide) groups is 1. The molecule has 0 saturated heterocycles. The van der Waals surface area contributed by atoms with E-state index in [0.717, 1.165) is 31.2 Å². The van der Waals surface area contributed by atoms with Crippen molar-refractivity contribution in [2.75, 3.05) is 0 Å². The van der Waals surface area contributed by atoms with Gasteiger partial charge in [-0.1, -0.05) is 37.8 Å². The highest BCUT2D eigenvalue weighted by Crippen LogP contribution is 2.38. The molecule has 1 aromatic carbocycles. The number of rotatable bonds is 3. The lowest BCUT2D eigenvalue weighted by molar-refractivity contribution is -0.0328. The summed E-state index contributed by atoms with van der Waals surface area (Å²) in [7, 11) is 0. The molecule has 1 aromatic rings. The third-order valence-corrected chi connectivity index (χ3v) is 4.54. The highest BCUT2D eigenvalue weighted by Gasteiger charge is 2.29. The van der Waals surface area contributed by atoms with Crippen molar-refractivity contribution in [1.82, 2.24) is 0 Å².